The van der Waals surface area contributed by atoms with E-state index in [0.29, 0.717) is 29.4 Å². The molecule has 33 heavy (non-hydrogen) atoms. The summed E-state index contributed by atoms with van der Waals surface area (Å²) in [6.45, 7) is 6.06. The van der Waals surface area contributed by atoms with Crippen LogP contribution in [0, 0.1) is 10.1 Å². The van der Waals surface area contributed by atoms with Crippen LogP contribution in [0.25, 0.3) is 5.70 Å². The maximum atomic E-state index is 13.1. The van der Waals surface area contributed by atoms with E-state index in [1.54, 1.807) is 26.0 Å². The molecule has 0 saturated carbocycles. The SMILES string of the molecule is COC1=NC(c2cccc([N+](=O)[O-])c2)=C(C(=O)OC(C)C)C(C)N1CCCc1ccccc1. The number of carbonyl (C=O) groups excluding carboxylic acids is 1. The molecule has 1 aliphatic rings. The number of carbonyl (C=O) groups is 1. The second-order valence-electron chi connectivity index (χ2n) is 8.08. The molecule has 174 valence electrons. The summed E-state index contributed by atoms with van der Waals surface area (Å²) in [6, 6.07) is 16.2. The fraction of sp³-hybridized carbons (Fsp3) is 0.360. The Hall–Kier alpha value is -3.68. The molecule has 0 saturated heterocycles. The van der Waals surface area contributed by atoms with Crippen LogP contribution in [0.4, 0.5) is 5.69 Å². The third kappa shape index (κ3) is 5.77. The number of hydrogen-bond donors (Lipinski definition) is 0. The Kier molecular flexibility index (Phi) is 7.82. The molecule has 8 nitrogen and oxygen atoms in total. The van der Waals surface area contributed by atoms with Crippen molar-refractivity contribution in [3.63, 3.8) is 0 Å². The molecule has 8 heteroatoms. The topological polar surface area (TPSA) is 94.3 Å². The lowest BCUT2D eigenvalue weighted by molar-refractivity contribution is -0.384. The Labute approximate surface area is 193 Å². The minimum Gasteiger partial charge on any atom is -0.468 e. The highest BCUT2D eigenvalue weighted by Gasteiger charge is 2.35. The normalized spacial score (nSPS) is 16.0. The summed E-state index contributed by atoms with van der Waals surface area (Å²) in [4.78, 5) is 30.5. The van der Waals surface area contributed by atoms with Crippen LogP contribution in [0.5, 0.6) is 0 Å². The summed E-state index contributed by atoms with van der Waals surface area (Å²) < 4.78 is 11.1. The third-order valence-electron chi connectivity index (χ3n) is 5.38. The maximum Gasteiger partial charge on any atom is 0.338 e. The standard InChI is InChI=1S/C25H29N3O5/c1-17(2)33-24(29)22-18(3)27(15-9-12-19-10-6-5-7-11-19)25(32-4)26-23(22)20-13-8-14-21(16-20)28(30)31/h5-8,10-11,13-14,16-18H,9,12,15H2,1-4H3. The van der Waals surface area contributed by atoms with Gasteiger partial charge in [0.25, 0.3) is 11.7 Å². The van der Waals surface area contributed by atoms with Crippen LogP contribution in [-0.2, 0) is 20.7 Å². The van der Waals surface area contributed by atoms with Crippen molar-refractivity contribution in [3.05, 3.63) is 81.4 Å². The Balaban J connectivity index is 1.97. The molecule has 1 atom stereocenters. The number of methoxy groups -OCH3 is 1. The lowest BCUT2D eigenvalue weighted by Crippen LogP contribution is -2.46. The molecule has 1 heterocycles. The molecule has 0 spiro atoms. The molecular formula is C25H29N3O5. The summed E-state index contributed by atoms with van der Waals surface area (Å²) in [7, 11) is 1.53. The smallest absolute Gasteiger partial charge is 0.338 e. The van der Waals surface area contributed by atoms with Crippen LogP contribution in [0.1, 0.15) is 38.3 Å². The molecule has 0 aliphatic carbocycles. The van der Waals surface area contributed by atoms with Crippen molar-refractivity contribution >= 4 is 23.4 Å². The Bertz CT molecular complexity index is 1060. The summed E-state index contributed by atoms with van der Waals surface area (Å²) in [5.74, 6) is -0.494. The Morgan fingerprint density at radius 2 is 1.91 bits per heavy atom. The molecule has 0 fully saturated rings. The molecule has 0 N–H and O–H groups in total. The first-order valence-electron chi connectivity index (χ1n) is 10.9. The number of aliphatic imine (C=N–C) groups is 1. The van der Waals surface area contributed by atoms with Gasteiger partial charge in [-0.15, -0.1) is 0 Å². The number of rotatable bonds is 8. The van der Waals surface area contributed by atoms with Crippen molar-refractivity contribution in [2.45, 2.75) is 45.8 Å². The second-order valence-corrected chi connectivity index (χ2v) is 8.08. The molecular weight excluding hydrogens is 422 g/mol. The van der Waals surface area contributed by atoms with Gasteiger partial charge >= 0.3 is 5.97 Å². The number of nitro benzene ring substituents is 1. The van der Waals surface area contributed by atoms with E-state index in [4.69, 9.17) is 9.47 Å². The van der Waals surface area contributed by atoms with Gasteiger partial charge in [0.15, 0.2) is 0 Å². The number of esters is 1. The molecule has 1 aliphatic heterocycles. The largest absolute Gasteiger partial charge is 0.468 e. The lowest BCUT2D eigenvalue weighted by Gasteiger charge is -2.35. The average molecular weight is 452 g/mol. The van der Waals surface area contributed by atoms with Crippen molar-refractivity contribution in [2.75, 3.05) is 13.7 Å². The van der Waals surface area contributed by atoms with Gasteiger partial charge in [0.1, 0.15) is 0 Å². The Morgan fingerprint density at radius 1 is 1.18 bits per heavy atom. The minimum atomic E-state index is -0.494. The van der Waals surface area contributed by atoms with Gasteiger partial charge in [-0.3, -0.25) is 10.1 Å². The molecule has 0 amide bonds. The Morgan fingerprint density at radius 3 is 2.55 bits per heavy atom. The number of benzene rings is 2. The van der Waals surface area contributed by atoms with E-state index in [0.717, 1.165) is 12.8 Å². The van der Waals surface area contributed by atoms with Gasteiger partial charge < -0.3 is 14.4 Å². The highest BCUT2D eigenvalue weighted by molar-refractivity contribution is 6.03. The van der Waals surface area contributed by atoms with Crippen molar-refractivity contribution in [2.24, 2.45) is 4.99 Å². The van der Waals surface area contributed by atoms with Crippen LogP contribution in [-0.4, -0.2) is 47.6 Å². The monoisotopic (exact) mass is 451 g/mol. The van der Waals surface area contributed by atoms with E-state index in [1.165, 1.54) is 24.8 Å². The van der Waals surface area contributed by atoms with Gasteiger partial charge in [0, 0.05) is 24.2 Å². The first kappa shape index (κ1) is 24.0. The minimum absolute atomic E-state index is 0.0799. The van der Waals surface area contributed by atoms with Crippen LogP contribution in [0.3, 0.4) is 0 Å². The second kappa shape index (κ2) is 10.8. The highest BCUT2D eigenvalue weighted by atomic mass is 16.6. The first-order valence-corrected chi connectivity index (χ1v) is 10.9. The molecule has 2 aromatic carbocycles. The van der Waals surface area contributed by atoms with Crippen LogP contribution >= 0.6 is 0 Å². The zero-order valence-corrected chi connectivity index (χ0v) is 19.4. The van der Waals surface area contributed by atoms with Gasteiger partial charge in [-0.25, -0.2) is 4.79 Å². The molecule has 1 unspecified atom stereocenters. The highest BCUT2D eigenvalue weighted by Crippen LogP contribution is 2.32. The number of non-ortho nitro benzene ring substituents is 1. The summed E-state index contributed by atoms with van der Waals surface area (Å²) in [6.07, 6.45) is 1.38. The number of amidine groups is 1. The van der Waals surface area contributed by atoms with Gasteiger partial charge in [-0.2, -0.15) is 4.99 Å². The van der Waals surface area contributed by atoms with E-state index in [9.17, 15) is 14.9 Å². The number of ether oxygens (including phenoxy) is 2. The summed E-state index contributed by atoms with van der Waals surface area (Å²) in [5, 5.41) is 11.3. The van der Waals surface area contributed by atoms with Crippen molar-refractivity contribution < 1.29 is 19.2 Å². The van der Waals surface area contributed by atoms with E-state index in [1.807, 2.05) is 30.0 Å². The zero-order chi connectivity index (χ0) is 24.0. The van der Waals surface area contributed by atoms with E-state index >= 15 is 0 Å². The van der Waals surface area contributed by atoms with Crippen molar-refractivity contribution in [1.82, 2.24) is 4.90 Å². The van der Waals surface area contributed by atoms with Crippen LogP contribution in [0.15, 0.2) is 65.2 Å². The molecule has 0 aromatic heterocycles. The zero-order valence-electron chi connectivity index (χ0n) is 19.4. The number of nitro groups is 1. The molecule has 2 aromatic rings. The number of aryl methyl sites for hydroxylation is 1. The van der Waals surface area contributed by atoms with Crippen LogP contribution < -0.4 is 0 Å². The molecule has 0 radical (unpaired) electrons. The van der Waals surface area contributed by atoms with E-state index in [-0.39, 0.29) is 11.8 Å². The van der Waals surface area contributed by atoms with Gasteiger partial charge in [-0.05, 0) is 39.2 Å². The number of hydrogen-bond acceptors (Lipinski definition) is 7. The average Bonchev–Trinajstić information content (AvgIpc) is 2.79. The molecule has 0 bridgehead atoms. The lowest BCUT2D eigenvalue weighted by atomic mass is 9.97. The predicted octanol–water partition coefficient (Wildman–Crippen LogP) is 4.60. The fourth-order valence-electron chi connectivity index (χ4n) is 3.82. The predicted molar refractivity (Wildman–Crippen MR) is 127 cm³/mol. The van der Waals surface area contributed by atoms with Crippen LogP contribution in [0.2, 0.25) is 0 Å². The quantitative estimate of drug-likeness (QED) is 0.331. The third-order valence-corrected chi connectivity index (χ3v) is 5.38. The first-order chi connectivity index (χ1) is 15.8. The van der Waals surface area contributed by atoms with Gasteiger partial charge in [0.2, 0.25) is 0 Å². The summed E-state index contributed by atoms with van der Waals surface area (Å²) in [5.41, 5.74) is 2.29. The van der Waals surface area contributed by atoms with Crippen molar-refractivity contribution in [3.8, 4) is 0 Å². The maximum absolute atomic E-state index is 13.1. The number of nitrogens with zero attached hydrogens (tertiary/aromatic N) is 3. The molecule has 3 rings (SSSR count). The van der Waals surface area contributed by atoms with Crippen molar-refractivity contribution in [1.29, 1.82) is 0 Å². The fourth-order valence-corrected chi connectivity index (χ4v) is 3.82. The summed E-state index contributed by atoms with van der Waals surface area (Å²) >= 11 is 0. The van der Waals surface area contributed by atoms with E-state index in [2.05, 4.69) is 17.1 Å². The van der Waals surface area contributed by atoms with Gasteiger partial charge in [0.05, 0.1) is 35.4 Å². The van der Waals surface area contributed by atoms with E-state index < -0.39 is 16.9 Å². The van der Waals surface area contributed by atoms with Gasteiger partial charge in [-0.1, -0.05) is 42.5 Å².